The van der Waals surface area contributed by atoms with Gasteiger partial charge in [0, 0.05) is 32.4 Å². The summed E-state index contributed by atoms with van der Waals surface area (Å²) in [5, 5.41) is 6.50. The molecule has 2 aromatic rings. The molecule has 0 aliphatic carbocycles. The van der Waals surface area contributed by atoms with E-state index >= 15 is 0 Å². The van der Waals surface area contributed by atoms with E-state index < -0.39 is 0 Å². The van der Waals surface area contributed by atoms with Gasteiger partial charge in [0.1, 0.15) is 6.10 Å². The molecule has 1 heterocycles. The van der Waals surface area contributed by atoms with Gasteiger partial charge in [-0.15, -0.1) is 24.0 Å². The fourth-order valence-electron chi connectivity index (χ4n) is 3.09. The molecule has 3 rings (SSSR count). The van der Waals surface area contributed by atoms with Gasteiger partial charge in [0.05, 0.1) is 19.8 Å². The lowest BCUT2D eigenvalue weighted by Gasteiger charge is -2.29. The standard InChI is InChI=1S/C22H29FN4O2.HI/c1-17(29-21-6-4-3-5-20(21)23)15-25-22(24-2)26-16-18-7-9-19(10-8-18)27-11-13-28-14-12-27;/h3-10,17H,11-16H2,1-2H3,(H2,24,25,26);1H. The van der Waals surface area contributed by atoms with Crippen molar-refractivity contribution in [1.29, 1.82) is 0 Å². The molecule has 1 aliphatic rings. The fourth-order valence-corrected chi connectivity index (χ4v) is 3.09. The highest BCUT2D eigenvalue weighted by Crippen LogP contribution is 2.17. The Morgan fingerprint density at radius 1 is 1.13 bits per heavy atom. The van der Waals surface area contributed by atoms with Crippen molar-refractivity contribution >= 4 is 35.6 Å². The van der Waals surface area contributed by atoms with Crippen molar-refractivity contribution in [3.05, 3.63) is 59.9 Å². The average Bonchev–Trinajstić information content (AvgIpc) is 2.76. The summed E-state index contributed by atoms with van der Waals surface area (Å²) in [5.41, 5.74) is 2.39. The number of guanidine groups is 1. The Labute approximate surface area is 194 Å². The number of ether oxygens (including phenoxy) is 2. The molecule has 0 radical (unpaired) electrons. The molecular weight excluding hydrogens is 498 g/mol. The third-order valence-electron chi connectivity index (χ3n) is 4.72. The first-order valence-electron chi connectivity index (χ1n) is 9.93. The first-order chi connectivity index (χ1) is 14.2. The number of benzene rings is 2. The Morgan fingerprint density at radius 2 is 1.83 bits per heavy atom. The average molecular weight is 528 g/mol. The molecule has 6 nitrogen and oxygen atoms in total. The van der Waals surface area contributed by atoms with E-state index in [1.54, 1.807) is 25.2 Å². The number of morpholine rings is 1. The van der Waals surface area contributed by atoms with Crippen molar-refractivity contribution in [2.45, 2.75) is 19.6 Å². The van der Waals surface area contributed by atoms with Crippen molar-refractivity contribution in [3.63, 3.8) is 0 Å². The number of aliphatic imine (C=N–C) groups is 1. The van der Waals surface area contributed by atoms with Crippen LogP contribution in [0.15, 0.2) is 53.5 Å². The molecule has 0 aromatic heterocycles. The largest absolute Gasteiger partial charge is 0.486 e. The molecule has 1 aliphatic heterocycles. The SMILES string of the molecule is CN=C(NCc1ccc(N2CCOCC2)cc1)NCC(C)Oc1ccccc1F.I. The van der Waals surface area contributed by atoms with Gasteiger partial charge in [-0.05, 0) is 36.8 Å². The molecule has 0 spiro atoms. The van der Waals surface area contributed by atoms with E-state index in [-0.39, 0.29) is 41.6 Å². The number of rotatable bonds is 7. The molecule has 30 heavy (non-hydrogen) atoms. The van der Waals surface area contributed by atoms with Gasteiger partial charge in [0.25, 0.3) is 0 Å². The van der Waals surface area contributed by atoms with Crippen LogP contribution in [0, 0.1) is 5.82 Å². The van der Waals surface area contributed by atoms with Crippen molar-refractivity contribution < 1.29 is 13.9 Å². The Balaban J connectivity index is 0.00000320. The van der Waals surface area contributed by atoms with Gasteiger partial charge in [-0.25, -0.2) is 4.39 Å². The fraction of sp³-hybridized carbons (Fsp3) is 0.409. The number of hydrogen-bond donors (Lipinski definition) is 2. The summed E-state index contributed by atoms with van der Waals surface area (Å²) in [6, 6.07) is 14.9. The minimum absolute atomic E-state index is 0. The number of para-hydroxylation sites is 1. The van der Waals surface area contributed by atoms with Gasteiger partial charge in [-0.3, -0.25) is 4.99 Å². The van der Waals surface area contributed by atoms with Gasteiger partial charge in [-0.2, -0.15) is 0 Å². The molecule has 1 atom stereocenters. The maximum Gasteiger partial charge on any atom is 0.191 e. The summed E-state index contributed by atoms with van der Waals surface area (Å²) in [4.78, 5) is 6.56. The van der Waals surface area contributed by atoms with Gasteiger partial charge >= 0.3 is 0 Å². The van der Waals surface area contributed by atoms with Crippen LogP contribution in [0.1, 0.15) is 12.5 Å². The Morgan fingerprint density at radius 3 is 2.50 bits per heavy atom. The first-order valence-corrected chi connectivity index (χ1v) is 9.93. The lowest BCUT2D eigenvalue weighted by atomic mass is 10.2. The maximum atomic E-state index is 13.7. The van der Waals surface area contributed by atoms with Crippen molar-refractivity contribution in [2.75, 3.05) is 44.8 Å². The lowest BCUT2D eigenvalue weighted by Crippen LogP contribution is -2.41. The Hall–Kier alpha value is -2.07. The number of nitrogens with zero attached hydrogens (tertiary/aromatic N) is 2. The molecule has 2 N–H and O–H groups in total. The highest BCUT2D eigenvalue weighted by molar-refractivity contribution is 14.0. The third kappa shape index (κ3) is 7.32. The first kappa shape index (κ1) is 24.2. The molecule has 2 aromatic carbocycles. The number of nitrogens with one attached hydrogen (secondary N) is 2. The van der Waals surface area contributed by atoms with E-state index in [9.17, 15) is 4.39 Å². The zero-order valence-corrected chi connectivity index (χ0v) is 19.8. The van der Waals surface area contributed by atoms with Crippen LogP contribution < -0.4 is 20.3 Å². The van der Waals surface area contributed by atoms with E-state index in [4.69, 9.17) is 9.47 Å². The molecule has 0 saturated carbocycles. The summed E-state index contributed by atoms with van der Waals surface area (Å²) < 4.78 is 24.7. The summed E-state index contributed by atoms with van der Waals surface area (Å²) in [5.74, 6) is 0.568. The van der Waals surface area contributed by atoms with Crippen LogP contribution in [0.4, 0.5) is 10.1 Å². The quantitative estimate of drug-likeness (QED) is 0.328. The smallest absolute Gasteiger partial charge is 0.191 e. The zero-order valence-electron chi connectivity index (χ0n) is 17.4. The highest BCUT2D eigenvalue weighted by Gasteiger charge is 2.11. The molecular formula is C22H30FIN4O2. The van der Waals surface area contributed by atoms with E-state index in [1.807, 2.05) is 6.92 Å². The second kappa shape index (κ2) is 12.6. The van der Waals surface area contributed by atoms with Crippen LogP contribution >= 0.6 is 24.0 Å². The van der Waals surface area contributed by atoms with Gasteiger partial charge in [-0.1, -0.05) is 24.3 Å². The molecule has 0 bridgehead atoms. The van der Waals surface area contributed by atoms with Crippen molar-refractivity contribution in [2.24, 2.45) is 4.99 Å². The summed E-state index contributed by atoms with van der Waals surface area (Å²) in [6.45, 7) is 6.48. The zero-order chi connectivity index (χ0) is 20.5. The number of anilines is 1. The second-order valence-electron chi connectivity index (χ2n) is 6.93. The Kier molecular flexibility index (Phi) is 10.2. The minimum atomic E-state index is -0.359. The minimum Gasteiger partial charge on any atom is -0.486 e. The van der Waals surface area contributed by atoms with Gasteiger partial charge in [0.15, 0.2) is 17.5 Å². The monoisotopic (exact) mass is 528 g/mol. The van der Waals surface area contributed by atoms with Crippen molar-refractivity contribution in [3.8, 4) is 5.75 Å². The molecule has 1 saturated heterocycles. The van der Waals surface area contributed by atoms with Gasteiger partial charge < -0.3 is 25.0 Å². The predicted molar refractivity (Wildman–Crippen MR) is 130 cm³/mol. The summed E-state index contributed by atoms with van der Waals surface area (Å²) >= 11 is 0. The topological polar surface area (TPSA) is 58.1 Å². The normalized spacial score (nSPS) is 15.2. The maximum absolute atomic E-state index is 13.7. The molecule has 8 heteroatoms. The lowest BCUT2D eigenvalue weighted by molar-refractivity contribution is 0.122. The second-order valence-corrected chi connectivity index (χ2v) is 6.93. The van der Waals surface area contributed by atoms with Crippen molar-refractivity contribution in [1.82, 2.24) is 10.6 Å². The number of halogens is 2. The van der Waals surface area contributed by atoms with Crippen LogP contribution in [0.5, 0.6) is 5.75 Å². The van der Waals surface area contributed by atoms with Crippen LogP contribution in [0.25, 0.3) is 0 Å². The van der Waals surface area contributed by atoms with Gasteiger partial charge in [0.2, 0.25) is 0 Å². The molecule has 164 valence electrons. The highest BCUT2D eigenvalue weighted by atomic mass is 127. The van der Waals surface area contributed by atoms with E-state index in [0.717, 1.165) is 26.3 Å². The van der Waals surface area contributed by atoms with E-state index in [0.29, 0.717) is 19.0 Å². The number of hydrogen-bond acceptors (Lipinski definition) is 4. The van der Waals surface area contributed by atoms with E-state index in [2.05, 4.69) is 44.8 Å². The summed E-state index contributed by atoms with van der Waals surface area (Å²) in [7, 11) is 1.72. The third-order valence-corrected chi connectivity index (χ3v) is 4.72. The molecule has 0 amide bonds. The molecule has 1 fully saturated rings. The van der Waals surface area contributed by atoms with Crippen LogP contribution in [-0.2, 0) is 11.3 Å². The summed E-state index contributed by atoms with van der Waals surface area (Å²) in [6.07, 6.45) is -0.210. The van der Waals surface area contributed by atoms with Crippen LogP contribution in [-0.4, -0.2) is 52.0 Å². The van der Waals surface area contributed by atoms with E-state index in [1.165, 1.54) is 17.3 Å². The Bertz CT molecular complexity index is 798. The van der Waals surface area contributed by atoms with Crippen LogP contribution in [0.3, 0.4) is 0 Å². The van der Waals surface area contributed by atoms with Crippen LogP contribution in [0.2, 0.25) is 0 Å². The molecule has 1 unspecified atom stereocenters. The predicted octanol–water partition coefficient (Wildman–Crippen LogP) is 3.41.